The fourth-order valence-corrected chi connectivity index (χ4v) is 1.82. The summed E-state index contributed by atoms with van der Waals surface area (Å²) in [6, 6.07) is -1.71. The normalized spacial score (nSPS) is 29.2. The summed E-state index contributed by atoms with van der Waals surface area (Å²) in [6.07, 6.45) is 0.418. The molecular weight excluding hydrogens is 280 g/mol. The molecule has 120 valence electrons. The minimum atomic E-state index is -1.29. The Balaban J connectivity index is 2.75. The molecule has 1 fully saturated rings. The van der Waals surface area contributed by atoms with Crippen molar-refractivity contribution in [3.63, 3.8) is 0 Å². The number of rotatable bonds is 1. The molecule has 9 heteroatoms. The van der Waals surface area contributed by atoms with Crippen molar-refractivity contribution in [2.45, 2.75) is 37.5 Å². The Hall–Kier alpha value is -1.71. The van der Waals surface area contributed by atoms with Gasteiger partial charge in [0.25, 0.3) is 5.91 Å². The predicted octanol–water partition coefficient (Wildman–Crippen LogP) is -2.43. The topological polar surface area (TPSA) is 146 Å². The number of hydrogen-bond acceptors (Lipinski definition) is 7. The molecule has 3 atom stereocenters. The Kier molecular flexibility index (Phi) is 7.06. The summed E-state index contributed by atoms with van der Waals surface area (Å²) < 4.78 is 9.89. The first kappa shape index (κ1) is 17.3. The molecule has 21 heavy (non-hydrogen) atoms. The summed E-state index contributed by atoms with van der Waals surface area (Å²) in [5.74, 6) is -1.83. The van der Waals surface area contributed by atoms with Crippen LogP contribution < -0.4 is 22.1 Å². The van der Waals surface area contributed by atoms with E-state index in [1.165, 1.54) is 7.11 Å². The van der Waals surface area contributed by atoms with Crippen LogP contribution in [0.4, 0.5) is 0 Å². The fraction of sp³-hybridized carbons (Fsp3) is 0.750. The molecule has 1 saturated heterocycles. The first-order valence-electron chi connectivity index (χ1n) is 6.73. The van der Waals surface area contributed by atoms with Crippen LogP contribution in [0, 0.1) is 0 Å². The van der Waals surface area contributed by atoms with Crippen LogP contribution in [0.1, 0.15) is 19.3 Å². The number of methoxy groups -OCH3 is 1. The summed E-state index contributed by atoms with van der Waals surface area (Å²) in [5, 5.41) is 4.72. The average molecular weight is 302 g/mol. The van der Waals surface area contributed by atoms with E-state index in [0.717, 1.165) is 0 Å². The van der Waals surface area contributed by atoms with Gasteiger partial charge in [0.2, 0.25) is 5.91 Å². The smallest absolute Gasteiger partial charge is 0.328 e. The first-order valence-corrected chi connectivity index (χ1v) is 6.73. The van der Waals surface area contributed by atoms with Crippen LogP contribution >= 0.6 is 0 Å². The quantitative estimate of drug-likeness (QED) is 0.394. The third kappa shape index (κ3) is 5.66. The zero-order valence-electron chi connectivity index (χ0n) is 12.0. The minimum Gasteiger partial charge on any atom is -0.467 e. The molecule has 0 aromatic rings. The number of hydrogen-bond donors (Lipinski definition) is 4. The van der Waals surface area contributed by atoms with Crippen molar-refractivity contribution < 1.29 is 23.9 Å². The van der Waals surface area contributed by atoms with Gasteiger partial charge >= 0.3 is 5.97 Å². The standard InChI is InChI=1S/C12H22N4O5/c1-20-12(19)8-4-2-3-5-21-6-7(13)10(17)16-9(14)11(18)15-8/h7-9H,2-6,13-14H2,1H3,(H,15,18)(H,16,17)/t7-,8-,9+/m0/s1. The van der Waals surface area contributed by atoms with Gasteiger partial charge in [-0.2, -0.15) is 0 Å². The van der Waals surface area contributed by atoms with Gasteiger partial charge in [0, 0.05) is 6.61 Å². The maximum atomic E-state index is 11.9. The molecule has 0 aromatic carbocycles. The third-order valence-corrected chi connectivity index (χ3v) is 3.05. The van der Waals surface area contributed by atoms with Crippen LogP contribution in [0.3, 0.4) is 0 Å². The van der Waals surface area contributed by atoms with Crippen molar-refractivity contribution in [2.75, 3.05) is 20.3 Å². The van der Waals surface area contributed by atoms with E-state index in [9.17, 15) is 14.4 Å². The van der Waals surface area contributed by atoms with Crippen molar-refractivity contribution in [3.05, 3.63) is 0 Å². The summed E-state index contributed by atoms with van der Waals surface area (Å²) >= 11 is 0. The fourth-order valence-electron chi connectivity index (χ4n) is 1.82. The van der Waals surface area contributed by atoms with Gasteiger partial charge in [0.1, 0.15) is 12.1 Å². The lowest BCUT2D eigenvalue weighted by atomic mass is 10.1. The Bertz CT molecular complexity index is 390. The van der Waals surface area contributed by atoms with Gasteiger partial charge in [0.05, 0.1) is 13.7 Å². The van der Waals surface area contributed by atoms with E-state index >= 15 is 0 Å². The van der Waals surface area contributed by atoms with Crippen LogP contribution in [0.15, 0.2) is 0 Å². The molecule has 1 aliphatic heterocycles. The van der Waals surface area contributed by atoms with E-state index < -0.39 is 36.0 Å². The van der Waals surface area contributed by atoms with Crippen molar-refractivity contribution in [1.82, 2.24) is 10.6 Å². The molecule has 1 rings (SSSR count). The molecule has 6 N–H and O–H groups in total. The third-order valence-electron chi connectivity index (χ3n) is 3.05. The number of carbonyl (C=O) groups excluding carboxylic acids is 3. The molecule has 1 aliphatic rings. The van der Waals surface area contributed by atoms with Gasteiger partial charge in [-0.3, -0.25) is 9.59 Å². The molecule has 0 radical (unpaired) electrons. The summed E-state index contributed by atoms with van der Waals surface area (Å²) in [5.41, 5.74) is 11.2. The van der Waals surface area contributed by atoms with Crippen molar-refractivity contribution in [1.29, 1.82) is 0 Å². The molecule has 0 aromatic heterocycles. The van der Waals surface area contributed by atoms with Gasteiger partial charge in [-0.05, 0) is 19.3 Å². The summed E-state index contributed by atoms with van der Waals surface area (Å²) in [7, 11) is 1.24. The molecule has 1 heterocycles. The summed E-state index contributed by atoms with van der Waals surface area (Å²) in [4.78, 5) is 35.1. The number of nitrogens with two attached hydrogens (primary N) is 2. The van der Waals surface area contributed by atoms with E-state index in [1.54, 1.807) is 0 Å². The van der Waals surface area contributed by atoms with Crippen LogP contribution in [-0.2, 0) is 23.9 Å². The van der Waals surface area contributed by atoms with Crippen molar-refractivity contribution in [3.8, 4) is 0 Å². The zero-order chi connectivity index (χ0) is 15.8. The lowest BCUT2D eigenvalue weighted by molar-refractivity contribution is -0.145. The monoisotopic (exact) mass is 302 g/mol. The highest BCUT2D eigenvalue weighted by atomic mass is 16.5. The maximum absolute atomic E-state index is 11.9. The molecular formula is C12H22N4O5. The predicted molar refractivity (Wildman–Crippen MR) is 72.7 cm³/mol. The largest absolute Gasteiger partial charge is 0.467 e. The number of esters is 1. The van der Waals surface area contributed by atoms with Crippen LogP contribution in [0.5, 0.6) is 0 Å². The van der Waals surface area contributed by atoms with Gasteiger partial charge in [-0.1, -0.05) is 0 Å². The van der Waals surface area contributed by atoms with Gasteiger partial charge in [-0.25, -0.2) is 4.79 Å². The van der Waals surface area contributed by atoms with Gasteiger partial charge < -0.3 is 31.6 Å². The molecule has 0 aliphatic carbocycles. The second-order valence-electron chi connectivity index (χ2n) is 4.75. The molecule has 9 nitrogen and oxygen atoms in total. The van der Waals surface area contributed by atoms with E-state index in [-0.39, 0.29) is 6.61 Å². The second-order valence-corrected chi connectivity index (χ2v) is 4.75. The number of nitrogens with one attached hydrogen (secondary N) is 2. The second kappa shape index (κ2) is 8.55. The van der Waals surface area contributed by atoms with Gasteiger partial charge in [0.15, 0.2) is 6.17 Å². The van der Waals surface area contributed by atoms with E-state index in [1.807, 2.05) is 0 Å². The number of carbonyl (C=O) groups is 3. The first-order chi connectivity index (χ1) is 9.95. The van der Waals surface area contributed by atoms with Crippen molar-refractivity contribution in [2.24, 2.45) is 11.5 Å². The zero-order valence-corrected chi connectivity index (χ0v) is 12.0. The molecule has 2 amide bonds. The Morgan fingerprint density at radius 3 is 2.62 bits per heavy atom. The lowest BCUT2D eigenvalue weighted by Crippen LogP contribution is -2.58. The molecule has 0 saturated carbocycles. The highest BCUT2D eigenvalue weighted by Crippen LogP contribution is 2.04. The highest BCUT2D eigenvalue weighted by molar-refractivity contribution is 5.91. The summed E-state index contributed by atoms with van der Waals surface area (Å²) in [6.45, 7) is 0.454. The van der Waals surface area contributed by atoms with Crippen LogP contribution in [-0.4, -0.2) is 56.4 Å². The lowest BCUT2D eigenvalue weighted by Gasteiger charge is -2.20. The SMILES string of the molecule is COC(=O)[C@@H]1CCCCOC[C@H](N)C(=O)N[C@@H](N)C(=O)N1. The molecule has 0 spiro atoms. The Morgan fingerprint density at radius 1 is 1.24 bits per heavy atom. The minimum absolute atomic E-state index is 0.0423. The van der Waals surface area contributed by atoms with E-state index in [4.69, 9.17) is 16.2 Å². The molecule has 0 bridgehead atoms. The maximum Gasteiger partial charge on any atom is 0.328 e. The van der Waals surface area contributed by atoms with Crippen LogP contribution in [0.2, 0.25) is 0 Å². The number of amides is 2. The molecule has 0 unspecified atom stereocenters. The van der Waals surface area contributed by atoms with E-state index in [2.05, 4.69) is 15.4 Å². The average Bonchev–Trinajstić information content (AvgIpc) is 2.47. The Labute approximate surface area is 122 Å². The van der Waals surface area contributed by atoms with E-state index in [0.29, 0.717) is 25.9 Å². The Morgan fingerprint density at radius 2 is 1.95 bits per heavy atom. The highest BCUT2D eigenvalue weighted by Gasteiger charge is 2.26. The van der Waals surface area contributed by atoms with Gasteiger partial charge in [-0.15, -0.1) is 0 Å². The van der Waals surface area contributed by atoms with Crippen molar-refractivity contribution >= 4 is 17.8 Å². The van der Waals surface area contributed by atoms with Crippen LogP contribution in [0.25, 0.3) is 0 Å². The number of ether oxygens (including phenoxy) is 2.